The molecule has 8 unspecified atom stereocenters. The molecule has 21 heteroatoms. The van der Waals surface area contributed by atoms with Gasteiger partial charge in [0.05, 0.1) is 70.1 Å². The van der Waals surface area contributed by atoms with Gasteiger partial charge in [0.1, 0.15) is 48.3 Å². The van der Waals surface area contributed by atoms with E-state index in [4.69, 9.17) is 107 Å². The quantitative estimate of drug-likeness (QED) is 0.0264. The van der Waals surface area contributed by atoms with Crippen molar-refractivity contribution in [3.05, 3.63) is 118 Å². The lowest BCUT2D eigenvalue weighted by Crippen LogP contribution is -2.63. The van der Waals surface area contributed by atoms with Crippen molar-refractivity contribution in [3.63, 3.8) is 0 Å². The molecule has 0 radical (unpaired) electrons. The van der Waals surface area contributed by atoms with Crippen LogP contribution in [0.4, 0.5) is 0 Å². The lowest BCUT2D eigenvalue weighted by Gasteiger charge is -2.49. The van der Waals surface area contributed by atoms with Gasteiger partial charge in [-0.1, -0.05) is 152 Å². The van der Waals surface area contributed by atoms with E-state index in [2.05, 4.69) is 16.9 Å². The number of nitrogens with zero attached hydrogens (tertiary/aromatic N) is 3. The summed E-state index contributed by atoms with van der Waals surface area (Å²) in [6.45, 7) is 12.6. The van der Waals surface area contributed by atoms with E-state index in [1.54, 1.807) is 7.11 Å². The van der Waals surface area contributed by atoms with E-state index in [9.17, 15) is 5.53 Å². The third-order valence-electron chi connectivity index (χ3n) is 14.3. The van der Waals surface area contributed by atoms with Crippen molar-refractivity contribution >= 4 is 40.7 Å². The molecule has 3 aromatic rings. The number of rotatable bonds is 21. The molecule has 0 aliphatic carbocycles. The summed E-state index contributed by atoms with van der Waals surface area (Å²) in [5.41, 5.74) is 11.9. The summed E-state index contributed by atoms with van der Waals surface area (Å²) in [6.07, 6.45) is -10.0. The van der Waals surface area contributed by atoms with Gasteiger partial charge in [-0.25, -0.2) is 0 Å². The van der Waals surface area contributed by atoms with Gasteiger partial charge in [0.2, 0.25) is 12.2 Å². The molecule has 5 fully saturated rings. The molecular weight excluding hydrogens is 1020 g/mol. The fraction of sp³-hybridized carbons (Fsp3) is 0.642. The Morgan fingerprint density at radius 3 is 2.07 bits per heavy atom. The average Bonchev–Trinajstić information content (AvgIpc) is 3.94. The Labute approximate surface area is 448 Å². The lowest BCUT2D eigenvalue weighted by atomic mass is 9.88. The predicted octanol–water partition coefficient (Wildman–Crippen LogP) is 9.56. The number of hydrogen-bond acceptors (Lipinski definition) is 16. The summed E-state index contributed by atoms with van der Waals surface area (Å²) < 4.78 is 89.1. The van der Waals surface area contributed by atoms with E-state index in [0.717, 1.165) is 16.7 Å². The molecule has 0 bridgehead atoms. The maximum atomic E-state index is 9.72. The number of fused-ring (bicyclic) bond motifs is 1. The zero-order chi connectivity index (χ0) is 52.6. The van der Waals surface area contributed by atoms with Gasteiger partial charge >= 0.3 is 0 Å². The molecule has 0 aromatic heterocycles. The summed E-state index contributed by atoms with van der Waals surface area (Å²) in [6, 6.07) is 28.6. The fourth-order valence-corrected chi connectivity index (χ4v) is 10.5. The monoisotopic (exact) mass is 1090 g/mol. The standard InChI is InChI=1S/C53H69Cl3N4O14/c1-8-52-29-66-50(46(52)72-48(74-52)36-22-16-11-17-23-36)70-41-32(5)47(65-27-38(41)63-25-35-20-14-10-15-21-35)71-43-33(6)68-39(44(45(43)61-7)67-30(2)3)28-64-42-31(4)40(59-60-58)37(26-62-24-34-18-12-9-13-19-34)69-49(42)73-51(57)53(54,55)56/h9-23,30-33,37-50,57H,8,24-29H2,1-7H3/t31?,32?,33-,37?,38-,39+,40-,41?,42?,43+,44?,45?,46?,47+,48+,49-,50+,52+/m1/s1. The Morgan fingerprint density at radius 2 is 1.43 bits per heavy atom. The molecule has 18 atom stereocenters. The normalized spacial score (nSPS) is 36.3. The van der Waals surface area contributed by atoms with Crippen molar-refractivity contribution in [2.24, 2.45) is 17.0 Å². The number of nitrogens with one attached hydrogen (secondary N) is 1. The second kappa shape index (κ2) is 26.0. The largest absolute Gasteiger partial charge is 0.445 e. The molecule has 18 nitrogen and oxygen atoms in total. The van der Waals surface area contributed by atoms with E-state index < -0.39 is 119 Å². The molecule has 5 saturated heterocycles. The van der Waals surface area contributed by atoms with Crippen LogP contribution >= 0.6 is 34.8 Å². The van der Waals surface area contributed by atoms with E-state index in [-0.39, 0.29) is 32.5 Å². The molecule has 74 heavy (non-hydrogen) atoms. The van der Waals surface area contributed by atoms with Crippen LogP contribution in [0.25, 0.3) is 10.4 Å². The summed E-state index contributed by atoms with van der Waals surface area (Å²) in [4.78, 5) is 3.13. The zero-order valence-corrected chi connectivity index (χ0v) is 45.0. The zero-order valence-electron chi connectivity index (χ0n) is 42.7. The molecule has 5 aliphatic rings. The third kappa shape index (κ3) is 13.5. The first-order valence-electron chi connectivity index (χ1n) is 25.3. The van der Waals surface area contributed by atoms with Gasteiger partial charge in [0.25, 0.3) is 3.79 Å². The van der Waals surface area contributed by atoms with Crippen LogP contribution in [0.5, 0.6) is 0 Å². The van der Waals surface area contributed by atoms with Gasteiger partial charge in [-0.15, -0.1) is 0 Å². The highest BCUT2D eigenvalue weighted by Gasteiger charge is 2.60. The molecule has 5 aliphatic heterocycles. The lowest BCUT2D eigenvalue weighted by molar-refractivity contribution is -0.337. The maximum absolute atomic E-state index is 9.72. The van der Waals surface area contributed by atoms with E-state index in [1.165, 1.54) is 0 Å². The minimum absolute atomic E-state index is 0.0195. The Hall–Kier alpha value is -3.21. The van der Waals surface area contributed by atoms with Gasteiger partial charge < -0.3 is 66.3 Å². The first-order valence-corrected chi connectivity index (χ1v) is 26.4. The topological polar surface area (TPSA) is 202 Å². The van der Waals surface area contributed by atoms with E-state index in [0.29, 0.717) is 19.6 Å². The second-order valence-corrected chi connectivity index (χ2v) is 22.0. The minimum atomic E-state index is -2.21. The number of benzene rings is 3. The highest BCUT2D eigenvalue weighted by molar-refractivity contribution is 6.76. The number of halogens is 3. The van der Waals surface area contributed by atoms with Gasteiger partial charge in [-0.3, -0.25) is 5.41 Å². The van der Waals surface area contributed by atoms with Crippen molar-refractivity contribution in [3.8, 4) is 0 Å². The highest BCUT2D eigenvalue weighted by Crippen LogP contribution is 2.48. The number of alkyl halides is 3. The van der Waals surface area contributed by atoms with Crippen LogP contribution in [-0.4, -0.2) is 141 Å². The summed E-state index contributed by atoms with van der Waals surface area (Å²) in [7, 11) is 1.59. The predicted molar refractivity (Wildman–Crippen MR) is 272 cm³/mol. The average molecular weight is 1090 g/mol. The molecule has 0 saturated carbocycles. The highest BCUT2D eigenvalue weighted by atomic mass is 35.6. The third-order valence-corrected chi connectivity index (χ3v) is 14.8. The SMILES string of the molecule is CC[C@]12CO[C@@H](OC3C(C)[C@H](O[C@@H]4C(OC)C(OC(C)C)[C@H](COC5C(C)[C@@H](N=[N+]=[N-])C(COCc6ccccc6)O[C@@H]5OC(=N)C(Cl)(Cl)Cl)O[C@@H]4C)OC[C@H]3OCc3ccccc3)C1O[C@H](c1ccccc1)O2. The van der Waals surface area contributed by atoms with Crippen molar-refractivity contribution in [2.75, 3.05) is 33.5 Å². The van der Waals surface area contributed by atoms with Gasteiger partial charge in [-0.05, 0) is 49.8 Å². The van der Waals surface area contributed by atoms with Crippen molar-refractivity contribution in [1.29, 1.82) is 5.41 Å². The van der Waals surface area contributed by atoms with Crippen LogP contribution in [0.1, 0.15) is 70.9 Å². The Balaban J connectivity index is 0.983. The van der Waals surface area contributed by atoms with Crippen molar-refractivity contribution in [2.45, 2.75) is 169 Å². The van der Waals surface area contributed by atoms with Crippen LogP contribution in [0, 0.1) is 17.2 Å². The molecule has 0 spiro atoms. The van der Waals surface area contributed by atoms with Crippen LogP contribution in [0.2, 0.25) is 0 Å². The Kier molecular flexibility index (Phi) is 20.0. The van der Waals surface area contributed by atoms with Crippen molar-refractivity contribution in [1.82, 2.24) is 0 Å². The van der Waals surface area contributed by atoms with Crippen LogP contribution in [0.15, 0.2) is 96.1 Å². The van der Waals surface area contributed by atoms with Gasteiger partial charge in [-0.2, -0.15) is 0 Å². The fourth-order valence-electron chi connectivity index (χ4n) is 10.3. The van der Waals surface area contributed by atoms with Crippen LogP contribution in [-0.2, 0) is 79.5 Å². The van der Waals surface area contributed by atoms with E-state index in [1.807, 2.05) is 126 Å². The molecule has 5 heterocycles. The molecule has 1 N–H and O–H groups in total. The first-order chi connectivity index (χ1) is 35.6. The molecule has 3 aromatic carbocycles. The minimum Gasteiger partial charge on any atom is -0.445 e. The van der Waals surface area contributed by atoms with Crippen LogP contribution < -0.4 is 0 Å². The van der Waals surface area contributed by atoms with Gasteiger partial charge in [0.15, 0.2) is 18.9 Å². The summed E-state index contributed by atoms with van der Waals surface area (Å²) in [5.74, 6) is -1.67. The summed E-state index contributed by atoms with van der Waals surface area (Å²) in [5, 5.41) is 12.6. The maximum Gasteiger partial charge on any atom is 0.265 e. The second-order valence-electron chi connectivity index (χ2n) is 19.7. The Bertz CT molecular complexity index is 2270. The number of azide groups is 1. The molecule has 0 amide bonds. The molecular formula is C53H69Cl3N4O14. The van der Waals surface area contributed by atoms with E-state index >= 15 is 0 Å². The Morgan fingerprint density at radius 1 is 0.770 bits per heavy atom. The number of methoxy groups -OCH3 is 1. The van der Waals surface area contributed by atoms with Crippen molar-refractivity contribution < 1.29 is 66.3 Å². The summed E-state index contributed by atoms with van der Waals surface area (Å²) >= 11 is 18.3. The molecule has 8 rings (SSSR count). The van der Waals surface area contributed by atoms with Gasteiger partial charge in [0, 0.05) is 23.5 Å². The number of hydrogen-bond donors (Lipinski definition) is 1. The number of ether oxygens (including phenoxy) is 14. The molecule has 406 valence electrons. The van der Waals surface area contributed by atoms with Crippen LogP contribution in [0.3, 0.4) is 0 Å². The first kappa shape index (κ1) is 57.0. The smallest absolute Gasteiger partial charge is 0.265 e.